The molecule has 1 fully saturated rings. The number of hydrogen-bond acceptors (Lipinski definition) is 3. The minimum atomic E-state index is -3.53. The van der Waals surface area contributed by atoms with Crippen LogP contribution in [0.4, 0.5) is 0 Å². The Morgan fingerprint density at radius 3 is 2.23 bits per heavy atom. The fourth-order valence-electron chi connectivity index (χ4n) is 4.10. The molecule has 0 N–H and O–H groups in total. The molecule has 0 aromatic heterocycles. The van der Waals surface area contributed by atoms with Crippen LogP contribution in [0.5, 0.6) is 0 Å². The first-order valence-electron chi connectivity index (χ1n) is 9.31. The molecule has 2 aliphatic rings. The third-order valence-corrected chi connectivity index (χ3v) is 7.55. The number of amides is 1. The molecule has 1 atom stereocenters. The zero-order valence-electron chi connectivity index (χ0n) is 15.9. The second kappa shape index (κ2) is 7.53. The van der Waals surface area contributed by atoms with Crippen molar-refractivity contribution >= 4 is 15.9 Å². The first kappa shape index (κ1) is 19.1. The van der Waals surface area contributed by atoms with Crippen LogP contribution in [0.25, 0.3) is 0 Å². The number of carbonyl (C=O) groups is 1. The molecular weight excluding hydrogens is 348 g/mol. The molecule has 6 heteroatoms. The lowest BCUT2D eigenvalue weighted by Gasteiger charge is -2.35. The molecule has 0 saturated carbocycles. The van der Waals surface area contributed by atoms with E-state index in [1.54, 1.807) is 0 Å². The van der Waals surface area contributed by atoms with Crippen LogP contribution in [0.1, 0.15) is 36.0 Å². The van der Waals surface area contributed by atoms with E-state index in [0.29, 0.717) is 43.4 Å². The molecule has 1 aliphatic carbocycles. The molecule has 0 spiro atoms. The summed E-state index contributed by atoms with van der Waals surface area (Å²) in [7, 11) is -3.53. The van der Waals surface area contributed by atoms with Crippen molar-refractivity contribution in [1.82, 2.24) is 9.21 Å². The Bertz CT molecular complexity index is 798. The molecule has 1 aromatic rings. The van der Waals surface area contributed by atoms with Crippen LogP contribution in [0.2, 0.25) is 0 Å². The Kier molecular flexibility index (Phi) is 5.53. The van der Waals surface area contributed by atoms with Gasteiger partial charge < -0.3 is 4.90 Å². The summed E-state index contributed by atoms with van der Waals surface area (Å²) >= 11 is 0. The normalized spacial score (nSPS) is 21.3. The molecule has 1 aliphatic heterocycles. The minimum Gasteiger partial charge on any atom is -0.340 e. The smallest absolute Gasteiger partial charge is 0.243 e. The number of rotatable bonds is 4. The van der Waals surface area contributed by atoms with Gasteiger partial charge >= 0.3 is 0 Å². The SMILES string of the molecule is Cc1cc(C)c(S(=O)(=O)N2CCN(C(=O)CC3C=CCC3)CC2)c(C)c1. The highest BCUT2D eigenvalue weighted by Gasteiger charge is 2.32. The summed E-state index contributed by atoms with van der Waals surface area (Å²) in [5, 5.41) is 0. The van der Waals surface area contributed by atoms with Gasteiger partial charge in [-0.25, -0.2) is 8.42 Å². The third kappa shape index (κ3) is 3.86. The molecule has 3 rings (SSSR count). The Hall–Kier alpha value is -1.66. The van der Waals surface area contributed by atoms with Crippen molar-refractivity contribution < 1.29 is 13.2 Å². The number of sulfonamides is 1. The molecule has 1 saturated heterocycles. The largest absolute Gasteiger partial charge is 0.340 e. The fourth-order valence-corrected chi connectivity index (χ4v) is 5.93. The maximum atomic E-state index is 13.1. The lowest BCUT2D eigenvalue weighted by Crippen LogP contribution is -2.50. The van der Waals surface area contributed by atoms with Crippen molar-refractivity contribution in [2.45, 2.75) is 44.9 Å². The van der Waals surface area contributed by atoms with Crippen molar-refractivity contribution in [1.29, 1.82) is 0 Å². The number of aryl methyl sites for hydroxylation is 3. The van der Waals surface area contributed by atoms with Crippen LogP contribution < -0.4 is 0 Å². The van der Waals surface area contributed by atoms with Gasteiger partial charge in [0.1, 0.15) is 0 Å². The molecule has 142 valence electrons. The Morgan fingerprint density at radius 1 is 1.08 bits per heavy atom. The zero-order chi connectivity index (χ0) is 18.9. The number of allylic oxidation sites excluding steroid dienone is 2. The summed E-state index contributed by atoms with van der Waals surface area (Å²) in [4.78, 5) is 14.7. The van der Waals surface area contributed by atoms with E-state index in [4.69, 9.17) is 0 Å². The van der Waals surface area contributed by atoms with E-state index in [9.17, 15) is 13.2 Å². The molecule has 1 aromatic carbocycles. The number of benzene rings is 1. The van der Waals surface area contributed by atoms with Crippen LogP contribution in [-0.2, 0) is 14.8 Å². The molecular formula is C20H28N2O3S. The van der Waals surface area contributed by atoms with Gasteiger partial charge in [-0.05, 0) is 50.7 Å². The van der Waals surface area contributed by atoms with Gasteiger partial charge in [0.2, 0.25) is 15.9 Å². The standard InChI is InChI=1S/C20H28N2O3S/c1-15-12-16(2)20(17(3)13-15)26(24,25)22-10-8-21(9-11-22)19(23)14-18-6-4-5-7-18/h4,6,12-13,18H,5,7-11,14H2,1-3H3. The van der Waals surface area contributed by atoms with Gasteiger partial charge in [-0.3, -0.25) is 4.79 Å². The highest BCUT2D eigenvalue weighted by Crippen LogP contribution is 2.27. The number of piperazine rings is 1. The Morgan fingerprint density at radius 2 is 1.69 bits per heavy atom. The summed E-state index contributed by atoms with van der Waals surface area (Å²) < 4.78 is 27.7. The second-order valence-corrected chi connectivity index (χ2v) is 9.36. The summed E-state index contributed by atoms with van der Waals surface area (Å²) in [5.74, 6) is 0.489. The average molecular weight is 377 g/mol. The predicted octanol–water partition coefficient (Wildman–Crippen LogP) is 2.80. The fraction of sp³-hybridized carbons (Fsp3) is 0.550. The van der Waals surface area contributed by atoms with Crippen LogP contribution in [0.3, 0.4) is 0 Å². The minimum absolute atomic E-state index is 0.140. The molecule has 0 radical (unpaired) electrons. The summed E-state index contributed by atoms with van der Waals surface area (Å²) in [6.07, 6.45) is 6.90. The van der Waals surface area contributed by atoms with Gasteiger partial charge in [0.05, 0.1) is 4.90 Å². The molecule has 5 nitrogen and oxygen atoms in total. The van der Waals surface area contributed by atoms with E-state index < -0.39 is 10.0 Å². The highest BCUT2D eigenvalue weighted by molar-refractivity contribution is 7.89. The maximum Gasteiger partial charge on any atom is 0.243 e. The zero-order valence-corrected chi connectivity index (χ0v) is 16.7. The number of carbonyl (C=O) groups excluding carboxylic acids is 1. The van der Waals surface area contributed by atoms with Crippen molar-refractivity contribution in [3.63, 3.8) is 0 Å². The quantitative estimate of drug-likeness (QED) is 0.759. The molecule has 1 amide bonds. The van der Waals surface area contributed by atoms with Crippen LogP contribution in [0, 0.1) is 26.7 Å². The van der Waals surface area contributed by atoms with E-state index >= 15 is 0 Å². The maximum absolute atomic E-state index is 13.1. The van der Waals surface area contributed by atoms with Gasteiger partial charge in [0, 0.05) is 32.6 Å². The van der Waals surface area contributed by atoms with E-state index in [1.165, 1.54) is 4.31 Å². The van der Waals surface area contributed by atoms with Crippen molar-refractivity contribution in [3.8, 4) is 0 Å². The van der Waals surface area contributed by atoms with Gasteiger partial charge in [-0.15, -0.1) is 0 Å². The van der Waals surface area contributed by atoms with Crippen molar-refractivity contribution in [3.05, 3.63) is 41.0 Å². The summed E-state index contributed by atoms with van der Waals surface area (Å²) in [6, 6.07) is 3.82. The number of hydrogen-bond donors (Lipinski definition) is 0. The number of nitrogens with zero attached hydrogens (tertiary/aromatic N) is 2. The van der Waals surface area contributed by atoms with Crippen molar-refractivity contribution in [2.75, 3.05) is 26.2 Å². The van der Waals surface area contributed by atoms with Gasteiger partial charge in [-0.2, -0.15) is 4.31 Å². The van der Waals surface area contributed by atoms with Gasteiger partial charge in [0.25, 0.3) is 0 Å². The monoisotopic (exact) mass is 376 g/mol. The molecule has 26 heavy (non-hydrogen) atoms. The summed E-state index contributed by atoms with van der Waals surface area (Å²) in [6.45, 7) is 7.34. The van der Waals surface area contributed by atoms with E-state index in [2.05, 4.69) is 12.2 Å². The van der Waals surface area contributed by atoms with Crippen LogP contribution in [-0.4, -0.2) is 49.7 Å². The topological polar surface area (TPSA) is 57.7 Å². The van der Waals surface area contributed by atoms with E-state index in [1.807, 2.05) is 37.8 Å². The average Bonchev–Trinajstić information content (AvgIpc) is 3.06. The molecule has 1 unspecified atom stereocenters. The summed E-state index contributed by atoms with van der Waals surface area (Å²) in [5.41, 5.74) is 2.64. The molecule has 1 heterocycles. The van der Waals surface area contributed by atoms with Crippen molar-refractivity contribution in [2.24, 2.45) is 5.92 Å². The Labute approximate surface area is 156 Å². The van der Waals surface area contributed by atoms with E-state index in [-0.39, 0.29) is 5.91 Å². The predicted molar refractivity (Wildman–Crippen MR) is 102 cm³/mol. The van der Waals surface area contributed by atoms with Gasteiger partial charge in [0.15, 0.2) is 0 Å². The van der Waals surface area contributed by atoms with E-state index in [0.717, 1.165) is 29.5 Å². The van der Waals surface area contributed by atoms with Crippen LogP contribution >= 0.6 is 0 Å². The Balaban J connectivity index is 1.67. The first-order chi connectivity index (χ1) is 12.3. The molecule has 0 bridgehead atoms. The highest BCUT2D eigenvalue weighted by atomic mass is 32.2. The lowest BCUT2D eigenvalue weighted by atomic mass is 10.0. The van der Waals surface area contributed by atoms with Crippen LogP contribution in [0.15, 0.2) is 29.2 Å². The first-order valence-corrected chi connectivity index (χ1v) is 10.8. The van der Waals surface area contributed by atoms with Gasteiger partial charge in [-0.1, -0.05) is 29.8 Å². The second-order valence-electron chi connectivity index (χ2n) is 7.48. The lowest BCUT2D eigenvalue weighted by molar-refractivity contribution is -0.133. The third-order valence-electron chi connectivity index (χ3n) is 5.34.